The van der Waals surface area contributed by atoms with Crippen molar-refractivity contribution in [3.8, 4) is 0 Å². The number of carbonyl (C=O) groups is 3. The van der Waals surface area contributed by atoms with E-state index >= 15 is 0 Å². The first-order chi connectivity index (χ1) is 15.6. The number of nitrogens with zero attached hydrogens (tertiary/aromatic N) is 2. The number of aldehydes is 1. The van der Waals surface area contributed by atoms with Gasteiger partial charge in [-0.05, 0) is 36.6 Å². The van der Waals surface area contributed by atoms with Crippen molar-refractivity contribution in [2.45, 2.75) is 65.3 Å². The van der Waals surface area contributed by atoms with Gasteiger partial charge in [0.2, 0.25) is 11.8 Å². The Morgan fingerprint density at radius 1 is 1.21 bits per heavy atom. The summed E-state index contributed by atoms with van der Waals surface area (Å²) in [6.07, 6.45) is 1.46. The first-order valence-corrected chi connectivity index (χ1v) is 11.6. The summed E-state index contributed by atoms with van der Waals surface area (Å²) >= 11 is 0. The summed E-state index contributed by atoms with van der Waals surface area (Å²) in [6.45, 7) is 8.48. The summed E-state index contributed by atoms with van der Waals surface area (Å²) in [5, 5.41) is 2.82. The van der Waals surface area contributed by atoms with E-state index < -0.39 is 12.1 Å². The first-order valence-electron chi connectivity index (χ1n) is 11.6. The van der Waals surface area contributed by atoms with Crippen molar-refractivity contribution in [3.63, 3.8) is 0 Å². The van der Waals surface area contributed by atoms with Crippen LogP contribution >= 0.6 is 0 Å². The van der Waals surface area contributed by atoms with Crippen molar-refractivity contribution in [1.82, 2.24) is 15.1 Å². The van der Waals surface area contributed by atoms with E-state index in [1.807, 2.05) is 63.9 Å². The van der Waals surface area contributed by atoms with E-state index in [0.717, 1.165) is 18.3 Å². The van der Waals surface area contributed by atoms with Gasteiger partial charge in [0.25, 0.3) is 0 Å². The van der Waals surface area contributed by atoms with Crippen molar-refractivity contribution in [1.29, 1.82) is 0 Å². The number of ether oxygens (including phenoxy) is 1. The largest absolute Gasteiger partial charge is 0.399 e. The highest BCUT2D eigenvalue weighted by Crippen LogP contribution is 2.21. The lowest BCUT2D eigenvalue weighted by Gasteiger charge is -2.37. The van der Waals surface area contributed by atoms with Gasteiger partial charge in [0.15, 0.2) is 0 Å². The Bertz CT molecular complexity index is 771. The summed E-state index contributed by atoms with van der Waals surface area (Å²) in [5.41, 5.74) is 7.57. The second-order valence-electron chi connectivity index (χ2n) is 9.12. The maximum Gasteiger partial charge on any atom is 0.242 e. The summed E-state index contributed by atoms with van der Waals surface area (Å²) in [4.78, 5) is 40.7. The summed E-state index contributed by atoms with van der Waals surface area (Å²) in [6, 6.07) is 6.92. The SMILES string of the molecule is CCC(C)C(C(CC=O)OC)N(C)C(=O)CNC(=O)C(C(C)C)N(C)Cc1cccc(N)c1. The lowest BCUT2D eigenvalue weighted by Crippen LogP contribution is -2.54. The number of benzene rings is 1. The van der Waals surface area contributed by atoms with Crippen LogP contribution in [0.15, 0.2) is 24.3 Å². The normalized spacial score (nSPS) is 15.1. The van der Waals surface area contributed by atoms with E-state index in [1.54, 1.807) is 19.1 Å². The Morgan fingerprint density at radius 2 is 1.88 bits per heavy atom. The average molecular weight is 463 g/mol. The van der Waals surface area contributed by atoms with Gasteiger partial charge in [-0.15, -0.1) is 0 Å². The molecule has 0 saturated heterocycles. The molecule has 0 radical (unpaired) electrons. The number of nitrogens with two attached hydrogens (primary N) is 1. The lowest BCUT2D eigenvalue weighted by molar-refractivity contribution is -0.139. The molecule has 0 aliphatic heterocycles. The molecule has 33 heavy (non-hydrogen) atoms. The molecule has 8 heteroatoms. The standard InChI is InChI=1S/C25H42N4O4/c1-8-18(4)24(21(33-7)12-13-30)29(6)22(31)15-27-25(32)23(17(2)3)28(5)16-19-10-9-11-20(26)14-19/h9-11,13-14,17-18,21,23-24H,8,12,15-16,26H2,1-7H3,(H,27,32). The maximum atomic E-state index is 13.0. The quantitative estimate of drug-likeness (QED) is 0.325. The van der Waals surface area contributed by atoms with Crippen molar-refractivity contribution in [2.75, 3.05) is 33.5 Å². The number of amides is 2. The molecule has 0 fully saturated rings. The van der Waals surface area contributed by atoms with E-state index in [1.165, 1.54) is 0 Å². The van der Waals surface area contributed by atoms with E-state index in [9.17, 15) is 14.4 Å². The van der Waals surface area contributed by atoms with Crippen LogP contribution in [0, 0.1) is 11.8 Å². The van der Waals surface area contributed by atoms with Gasteiger partial charge < -0.3 is 25.5 Å². The summed E-state index contributed by atoms with van der Waals surface area (Å²) < 4.78 is 5.51. The highest BCUT2D eigenvalue weighted by molar-refractivity contribution is 5.87. The van der Waals surface area contributed by atoms with E-state index in [2.05, 4.69) is 5.32 Å². The fourth-order valence-corrected chi connectivity index (χ4v) is 4.36. The molecule has 4 atom stereocenters. The topological polar surface area (TPSA) is 105 Å². The Labute approximate surface area is 198 Å². The highest BCUT2D eigenvalue weighted by Gasteiger charge is 2.33. The lowest BCUT2D eigenvalue weighted by atomic mass is 9.91. The molecule has 0 aliphatic rings. The molecule has 3 N–H and O–H groups in total. The third-order valence-corrected chi connectivity index (χ3v) is 6.25. The zero-order chi connectivity index (χ0) is 25.1. The van der Waals surface area contributed by atoms with Crippen molar-refractivity contribution in [3.05, 3.63) is 29.8 Å². The molecule has 0 spiro atoms. The number of carbonyl (C=O) groups excluding carboxylic acids is 3. The van der Waals surface area contributed by atoms with Crippen molar-refractivity contribution >= 4 is 23.8 Å². The third-order valence-electron chi connectivity index (χ3n) is 6.25. The van der Waals surface area contributed by atoms with Crippen LogP contribution in [-0.2, 0) is 25.7 Å². The molecule has 0 aliphatic carbocycles. The molecular formula is C25H42N4O4. The van der Waals surface area contributed by atoms with Crippen LogP contribution in [0.1, 0.15) is 46.1 Å². The average Bonchev–Trinajstić information content (AvgIpc) is 2.76. The van der Waals surface area contributed by atoms with E-state index in [-0.39, 0.29) is 42.7 Å². The van der Waals surface area contributed by atoms with Crippen LogP contribution < -0.4 is 11.1 Å². The minimum absolute atomic E-state index is 0.0437. The number of nitrogen functional groups attached to an aromatic ring is 1. The van der Waals surface area contributed by atoms with Crippen molar-refractivity contribution < 1.29 is 19.1 Å². The second kappa shape index (κ2) is 14.0. The van der Waals surface area contributed by atoms with Crippen LogP contribution in [0.25, 0.3) is 0 Å². The Balaban J connectivity index is 2.86. The number of likely N-dealkylation sites (N-methyl/N-ethyl adjacent to an activating group) is 2. The number of nitrogens with one attached hydrogen (secondary N) is 1. The fraction of sp³-hybridized carbons (Fsp3) is 0.640. The Morgan fingerprint density at radius 3 is 2.39 bits per heavy atom. The minimum Gasteiger partial charge on any atom is -0.399 e. The number of rotatable bonds is 14. The van der Waals surface area contributed by atoms with Gasteiger partial charge in [-0.3, -0.25) is 14.5 Å². The highest BCUT2D eigenvalue weighted by atomic mass is 16.5. The molecule has 0 aromatic heterocycles. The van der Waals surface area contributed by atoms with Gasteiger partial charge in [-0.2, -0.15) is 0 Å². The van der Waals surface area contributed by atoms with Gasteiger partial charge >= 0.3 is 0 Å². The van der Waals surface area contributed by atoms with E-state index in [4.69, 9.17) is 10.5 Å². The fourth-order valence-electron chi connectivity index (χ4n) is 4.36. The number of hydrogen-bond acceptors (Lipinski definition) is 6. The Hall–Kier alpha value is -2.45. The van der Waals surface area contributed by atoms with Crippen LogP contribution in [0.3, 0.4) is 0 Å². The van der Waals surface area contributed by atoms with Gasteiger partial charge in [0.1, 0.15) is 6.29 Å². The predicted molar refractivity (Wildman–Crippen MR) is 131 cm³/mol. The first kappa shape index (κ1) is 28.6. The monoisotopic (exact) mass is 462 g/mol. The van der Waals surface area contributed by atoms with Crippen LogP contribution in [0.4, 0.5) is 5.69 Å². The maximum absolute atomic E-state index is 13.0. The molecule has 4 unspecified atom stereocenters. The van der Waals surface area contributed by atoms with Gasteiger partial charge in [-0.25, -0.2) is 0 Å². The van der Waals surface area contributed by atoms with Gasteiger partial charge in [0, 0.05) is 32.8 Å². The molecule has 0 saturated carbocycles. The summed E-state index contributed by atoms with van der Waals surface area (Å²) in [5.74, 6) is -0.244. The Kier molecular flexibility index (Phi) is 12.1. The zero-order valence-corrected chi connectivity index (χ0v) is 21.2. The molecule has 0 bridgehead atoms. The molecule has 2 amide bonds. The molecule has 0 heterocycles. The zero-order valence-electron chi connectivity index (χ0n) is 21.2. The number of anilines is 1. The van der Waals surface area contributed by atoms with E-state index in [0.29, 0.717) is 12.2 Å². The van der Waals surface area contributed by atoms with Crippen molar-refractivity contribution in [2.24, 2.45) is 11.8 Å². The van der Waals surface area contributed by atoms with Gasteiger partial charge in [0.05, 0.1) is 24.7 Å². The molecule has 8 nitrogen and oxygen atoms in total. The molecule has 186 valence electrons. The van der Waals surface area contributed by atoms with Crippen LogP contribution in [-0.4, -0.2) is 73.8 Å². The molecule has 1 rings (SSSR count). The number of methoxy groups -OCH3 is 1. The predicted octanol–water partition coefficient (Wildman–Crippen LogP) is 2.32. The molecular weight excluding hydrogens is 420 g/mol. The minimum atomic E-state index is -0.406. The molecule has 1 aromatic rings. The van der Waals surface area contributed by atoms with Crippen LogP contribution in [0.5, 0.6) is 0 Å². The van der Waals surface area contributed by atoms with Crippen LogP contribution in [0.2, 0.25) is 0 Å². The summed E-state index contributed by atoms with van der Waals surface area (Å²) in [7, 11) is 5.14. The smallest absolute Gasteiger partial charge is 0.242 e. The van der Waals surface area contributed by atoms with Gasteiger partial charge in [-0.1, -0.05) is 46.2 Å². The molecule has 1 aromatic carbocycles. The number of hydrogen-bond donors (Lipinski definition) is 2. The second-order valence-corrected chi connectivity index (χ2v) is 9.12. The third kappa shape index (κ3) is 8.44.